The normalized spacial score (nSPS) is 15.6. The van der Waals surface area contributed by atoms with E-state index in [9.17, 15) is 9.59 Å². The lowest BCUT2D eigenvalue weighted by Gasteiger charge is -2.37. The van der Waals surface area contributed by atoms with Gasteiger partial charge in [-0.3, -0.25) is 9.59 Å². The summed E-state index contributed by atoms with van der Waals surface area (Å²) in [6, 6.07) is 25.9. The quantitative estimate of drug-likeness (QED) is 0.239. The highest BCUT2D eigenvalue weighted by Gasteiger charge is 2.34. The Morgan fingerprint density at radius 3 is 2.31 bits per heavy atom. The molecule has 0 N–H and O–H groups in total. The van der Waals surface area contributed by atoms with E-state index in [1.165, 1.54) is 5.56 Å². The molecule has 0 spiro atoms. The molecule has 232 valence electrons. The van der Waals surface area contributed by atoms with Gasteiger partial charge in [-0.2, -0.15) is 0 Å². The van der Waals surface area contributed by atoms with Crippen molar-refractivity contribution in [3.05, 3.63) is 124 Å². The maximum Gasteiger partial charge on any atom is 0.247 e. The van der Waals surface area contributed by atoms with Crippen molar-refractivity contribution in [2.45, 2.75) is 45.8 Å². The smallest absolute Gasteiger partial charge is 0.247 e. The molecule has 4 aromatic rings. The van der Waals surface area contributed by atoms with Crippen LogP contribution in [-0.2, 0) is 40.3 Å². The van der Waals surface area contributed by atoms with Gasteiger partial charge in [0.2, 0.25) is 11.8 Å². The van der Waals surface area contributed by atoms with E-state index in [4.69, 9.17) is 9.26 Å². The molecule has 3 aromatic carbocycles. The van der Waals surface area contributed by atoms with Crippen LogP contribution in [0.5, 0.6) is 0 Å². The number of carbonyl (C=O) groups is 2. The first kappa shape index (κ1) is 30.3. The largest absolute Gasteiger partial charge is 0.378 e. The Labute approximate surface area is 264 Å². The second kappa shape index (κ2) is 13.9. The van der Waals surface area contributed by atoms with Gasteiger partial charge < -0.3 is 24.0 Å². The van der Waals surface area contributed by atoms with E-state index in [1.54, 1.807) is 17.1 Å². The molecule has 8 nitrogen and oxygen atoms in total. The third-order valence-electron chi connectivity index (χ3n) is 8.81. The van der Waals surface area contributed by atoms with E-state index in [1.807, 2.05) is 61.2 Å². The summed E-state index contributed by atoms with van der Waals surface area (Å²) in [5.41, 5.74) is 7.01. The molecule has 8 heteroatoms. The minimum absolute atomic E-state index is 0.0441. The number of aryl methyl sites for hydroxylation is 2. The lowest BCUT2D eigenvalue weighted by atomic mass is 9.97. The molecule has 0 aliphatic carbocycles. The minimum Gasteiger partial charge on any atom is -0.378 e. The molecule has 1 aromatic heterocycles. The number of ether oxygens (including phenoxy) is 1. The Bertz CT molecular complexity index is 1620. The highest BCUT2D eigenvalue weighted by Crippen LogP contribution is 2.24. The molecule has 2 aliphatic heterocycles. The van der Waals surface area contributed by atoms with Crippen LogP contribution < -0.4 is 4.90 Å². The van der Waals surface area contributed by atoms with E-state index in [2.05, 4.69) is 46.5 Å². The van der Waals surface area contributed by atoms with Gasteiger partial charge in [-0.25, -0.2) is 0 Å². The Morgan fingerprint density at radius 1 is 0.889 bits per heavy atom. The lowest BCUT2D eigenvalue weighted by Crippen LogP contribution is -2.52. The number of hydrogen-bond acceptors (Lipinski definition) is 6. The van der Waals surface area contributed by atoms with Crippen molar-refractivity contribution in [2.75, 3.05) is 37.7 Å². The van der Waals surface area contributed by atoms with Crippen LogP contribution in [0.4, 0.5) is 5.69 Å². The second-order valence-electron chi connectivity index (χ2n) is 11.8. The first-order chi connectivity index (χ1) is 22.0. The Hall–Kier alpha value is -4.69. The van der Waals surface area contributed by atoms with Gasteiger partial charge in [0.1, 0.15) is 11.8 Å². The fraction of sp³-hybridized carbons (Fsp3) is 0.324. The van der Waals surface area contributed by atoms with Gasteiger partial charge in [0, 0.05) is 56.5 Å². The number of anilines is 1. The summed E-state index contributed by atoms with van der Waals surface area (Å²) in [5, 5.41) is 4.03. The predicted octanol–water partition coefficient (Wildman–Crippen LogP) is 5.37. The number of benzene rings is 3. The maximum atomic E-state index is 14.5. The van der Waals surface area contributed by atoms with Crippen LogP contribution in [0, 0.1) is 13.8 Å². The van der Waals surface area contributed by atoms with E-state index in [-0.39, 0.29) is 11.8 Å². The van der Waals surface area contributed by atoms with Crippen molar-refractivity contribution in [1.29, 1.82) is 0 Å². The summed E-state index contributed by atoms with van der Waals surface area (Å²) in [4.78, 5) is 34.7. The van der Waals surface area contributed by atoms with Crippen LogP contribution in [0.2, 0.25) is 0 Å². The molecule has 45 heavy (non-hydrogen) atoms. The predicted molar refractivity (Wildman–Crippen MR) is 175 cm³/mol. The standard InChI is InChI=1S/C37H40N4O4/c1-27-34(28(2)45-38-27)16-17-36(42)41(25-30-12-14-33(15-13-30)39-20-22-44-23-21-39)35(24-29-8-4-3-5-9-29)37(43)40-19-18-31-10-6-7-11-32(31)26-40/h3-17,35H,18-26H2,1-2H3/t35-/m0/s1. The molecule has 0 saturated carbocycles. The number of aromatic nitrogens is 1. The van der Waals surface area contributed by atoms with Crippen LogP contribution >= 0.6 is 0 Å². The van der Waals surface area contributed by atoms with Crippen LogP contribution in [0.3, 0.4) is 0 Å². The monoisotopic (exact) mass is 604 g/mol. The van der Waals surface area contributed by atoms with Crippen LogP contribution in [0.1, 0.15) is 39.3 Å². The van der Waals surface area contributed by atoms with E-state index >= 15 is 0 Å². The highest BCUT2D eigenvalue weighted by molar-refractivity contribution is 5.96. The summed E-state index contributed by atoms with van der Waals surface area (Å²) >= 11 is 0. The number of hydrogen-bond donors (Lipinski definition) is 0. The topological polar surface area (TPSA) is 79.1 Å². The third kappa shape index (κ3) is 7.18. The van der Waals surface area contributed by atoms with Gasteiger partial charge in [0.15, 0.2) is 0 Å². The zero-order valence-corrected chi connectivity index (χ0v) is 26.0. The average molecular weight is 605 g/mol. The Balaban J connectivity index is 1.33. The first-order valence-electron chi connectivity index (χ1n) is 15.7. The zero-order valence-electron chi connectivity index (χ0n) is 26.0. The van der Waals surface area contributed by atoms with Crippen LogP contribution in [0.15, 0.2) is 89.5 Å². The van der Waals surface area contributed by atoms with Crippen LogP contribution in [-0.4, -0.2) is 65.7 Å². The molecular weight excluding hydrogens is 564 g/mol. The molecule has 1 fully saturated rings. The average Bonchev–Trinajstić information content (AvgIpc) is 3.41. The Morgan fingerprint density at radius 2 is 1.60 bits per heavy atom. The van der Waals surface area contributed by atoms with E-state index in [0.717, 1.165) is 47.5 Å². The molecule has 0 bridgehead atoms. The SMILES string of the molecule is Cc1noc(C)c1C=CC(=O)N(Cc1ccc(N2CCOCC2)cc1)[C@@H](Cc1ccccc1)C(=O)N1CCc2ccccc2C1. The van der Waals surface area contributed by atoms with Crippen molar-refractivity contribution in [3.8, 4) is 0 Å². The number of morpholine rings is 1. The molecule has 3 heterocycles. The van der Waals surface area contributed by atoms with Gasteiger partial charge in [-0.1, -0.05) is 71.9 Å². The number of carbonyl (C=O) groups excluding carboxylic acids is 2. The molecular formula is C37H40N4O4. The summed E-state index contributed by atoms with van der Waals surface area (Å²) in [6.07, 6.45) is 4.50. The maximum absolute atomic E-state index is 14.5. The highest BCUT2D eigenvalue weighted by atomic mass is 16.5. The molecule has 2 amide bonds. The molecule has 0 radical (unpaired) electrons. The van der Waals surface area contributed by atoms with Gasteiger partial charge in [-0.15, -0.1) is 0 Å². The summed E-state index contributed by atoms with van der Waals surface area (Å²) in [6.45, 7) is 8.25. The van der Waals surface area contributed by atoms with Crippen molar-refractivity contribution in [3.63, 3.8) is 0 Å². The van der Waals surface area contributed by atoms with Crippen molar-refractivity contribution in [2.24, 2.45) is 0 Å². The van der Waals surface area contributed by atoms with Crippen molar-refractivity contribution < 1.29 is 18.8 Å². The van der Waals surface area contributed by atoms with Crippen LogP contribution in [0.25, 0.3) is 6.08 Å². The minimum atomic E-state index is -0.696. The van der Waals surface area contributed by atoms with Crippen molar-refractivity contribution in [1.82, 2.24) is 15.0 Å². The fourth-order valence-corrected chi connectivity index (χ4v) is 6.21. The number of nitrogens with zero attached hydrogens (tertiary/aromatic N) is 4. The number of rotatable bonds is 9. The van der Waals surface area contributed by atoms with Gasteiger partial charge >= 0.3 is 0 Å². The molecule has 1 saturated heterocycles. The number of amides is 2. The second-order valence-corrected chi connectivity index (χ2v) is 11.8. The lowest BCUT2D eigenvalue weighted by molar-refractivity contribution is -0.144. The molecule has 2 aliphatic rings. The third-order valence-corrected chi connectivity index (χ3v) is 8.81. The molecule has 0 unspecified atom stereocenters. The fourth-order valence-electron chi connectivity index (χ4n) is 6.21. The molecule has 1 atom stereocenters. The summed E-state index contributed by atoms with van der Waals surface area (Å²) in [5.74, 6) is 0.363. The van der Waals surface area contributed by atoms with E-state index in [0.29, 0.717) is 50.7 Å². The van der Waals surface area contributed by atoms with Gasteiger partial charge in [0.25, 0.3) is 0 Å². The van der Waals surface area contributed by atoms with Crippen molar-refractivity contribution >= 4 is 23.6 Å². The first-order valence-corrected chi connectivity index (χ1v) is 15.7. The summed E-state index contributed by atoms with van der Waals surface area (Å²) < 4.78 is 10.8. The zero-order chi connectivity index (χ0) is 31.2. The van der Waals surface area contributed by atoms with E-state index < -0.39 is 6.04 Å². The molecule has 6 rings (SSSR count). The summed E-state index contributed by atoms with van der Waals surface area (Å²) in [7, 11) is 0. The number of fused-ring (bicyclic) bond motifs is 1. The van der Waals surface area contributed by atoms with Gasteiger partial charge in [-0.05, 0) is 60.7 Å². The Kier molecular flexibility index (Phi) is 9.41. The van der Waals surface area contributed by atoms with Gasteiger partial charge in [0.05, 0.1) is 18.9 Å².